The number of hydrogen-bond donors (Lipinski definition) is 1. The summed E-state index contributed by atoms with van der Waals surface area (Å²) in [5, 5.41) is 5.64. The van der Waals surface area contributed by atoms with Crippen molar-refractivity contribution < 1.29 is 4.74 Å². The third-order valence-corrected chi connectivity index (χ3v) is 4.31. The number of aryl methyl sites for hydroxylation is 2. The van der Waals surface area contributed by atoms with Gasteiger partial charge < -0.3 is 10.1 Å². The first-order chi connectivity index (χ1) is 9.16. The van der Waals surface area contributed by atoms with E-state index in [0.717, 1.165) is 12.3 Å². The fourth-order valence-electron chi connectivity index (χ4n) is 2.07. The highest BCUT2D eigenvalue weighted by atomic mass is 32.1. The van der Waals surface area contributed by atoms with E-state index < -0.39 is 0 Å². The number of nitrogens with one attached hydrogen (secondary N) is 1. The van der Waals surface area contributed by atoms with Crippen LogP contribution in [-0.4, -0.2) is 13.2 Å². The molecule has 0 bridgehead atoms. The maximum atomic E-state index is 5.73. The number of benzene rings is 1. The van der Waals surface area contributed by atoms with E-state index >= 15 is 0 Å². The van der Waals surface area contributed by atoms with Gasteiger partial charge in [0.2, 0.25) is 0 Å². The van der Waals surface area contributed by atoms with E-state index in [0.29, 0.717) is 12.6 Å². The molecule has 1 atom stereocenters. The summed E-state index contributed by atoms with van der Waals surface area (Å²) in [7, 11) is 0. The molecule has 2 aromatic rings. The Morgan fingerprint density at radius 2 is 2.11 bits per heavy atom. The highest BCUT2D eigenvalue weighted by Gasteiger charge is 2.08. The molecule has 1 aromatic heterocycles. The molecular weight excluding hydrogens is 254 g/mol. The second-order valence-electron chi connectivity index (χ2n) is 4.81. The summed E-state index contributed by atoms with van der Waals surface area (Å²) in [6.45, 7) is 7.98. The van der Waals surface area contributed by atoms with Crippen molar-refractivity contribution in [2.24, 2.45) is 0 Å². The smallest absolute Gasteiger partial charge is 0.119 e. The Labute approximate surface area is 119 Å². The van der Waals surface area contributed by atoms with Gasteiger partial charge in [-0.25, -0.2) is 0 Å². The summed E-state index contributed by atoms with van der Waals surface area (Å²) in [6, 6.07) is 10.7. The molecule has 0 fully saturated rings. The van der Waals surface area contributed by atoms with Gasteiger partial charge >= 0.3 is 0 Å². The van der Waals surface area contributed by atoms with Crippen molar-refractivity contribution >= 4 is 11.3 Å². The molecule has 2 nitrogen and oxygen atoms in total. The Morgan fingerprint density at radius 3 is 2.79 bits per heavy atom. The van der Waals surface area contributed by atoms with Crippen molar-refractivity contribution in [1.82, 2.24) is 5.32 Å². The highest BCUT2D eigenvalue weighted by Crippen LogP contribution is 2.23. The molecule has 0 aliphatic heterocycles. The summed E-state index contributed by atoms with van der Waals surface area (Å²) in [4.78, 5) is 1.41. The van der Waals surface area contributed by atoms with Crippen molar-refractivity contribution in [3.8, 4) is 5.75 Å². The van der Waals surface area contributed by atoms with Gasteiger partial charge in [0.1, 0.15) is 12.4 Å². The minimum absolute atomic E-state index is 0.390. The molecular formula is C16H21NOS. The first-order valence-electron chi connectivity index (χ1n) is 6.63. The third kappa shape index (κ3) is 4.08. The maximum Gasteiger partial charge on any atom is 0.119 e. The molecule has 102 valence electrons. The first kappa shape index (κ1) is 14.1. The zero-order valence-electron chi connectivity index (χ0n) is 11.8. The van der Waals surface area contributed by atoms with Crippen LogP contribution >= 0.6 is 11.3 Å². The first-order valence-corrected chi connectivity index (χ1v) is 7.51. The fourth-order valence-corrected chi connectivity index (χ4v) is 3.03. The SMILES string of the molecule is Cc1cccc(OCCNC(C)c2sccc2C)c1. The molecule has 0 radical (unpaired) electrons. The Kier molecular flexibility index (Phi) is 5.00. The van der Waals surface area contributed by atoms with Crippen LogP contribution in [0.3, 0.4) is 0 Å². The van der Waals surface area contributed by atoms with Crippen LogP contribution in [0.15, 0.2) is 35.7 Å². The van der Waals surface area contributed by atoms with E-state index in [1.165, 1.54) is 16.0 Å². The second-order valence-corrected chi connectivity index (χ2v) is 5.76. The lowest BCUT2D eigenvalue weighted by Crippen LogP contribution is -2.24. The molecule has 1 unspecified atom stereocenters. The lowest BCUT2D eigenvalue weighted by Gasteiger charge is -2.14. The normalized spacial score (nSPS) is 12.4. The molecule has 0 aliphatic carbocycles. The molecule has 0 spiro atoms. The van der Waals surface area contributed by atoms with Crippen LogP contribution in [0.4, 0.5) is 0 Å². The average Bonchev–Trinajstić information content (AvgIpc) is 2.81. The van der Waals surface area contributed by atoms with Gasteiger partial charge in [-0.05, 0) is 55.5 Å². The molecule has 0 saturated heterocycles. The van der Waals surface area contributed by atoms with E-state index in [2.05, 4.69) is 49.7 Å². The average molecular weight is 275 g/mol. The topological polar surface area (TPSA) is 21.3 Å². The van der Waals surface area contributed by atoms with Gasteiger partial charge in [0.25, 0.3) is 0 Å². The molecule has 1 heterocycles. The minimum atomic E-state index is 0.390. The quantitative estimate of drug-likeness (QED) is 0.802. The van der Waals surface area contributed by atoms with E-state index in [1.54, 1.807) is 0 Å². The number of hydrogen-bond acceptors (Lipinski definition) is 3. The largest absolute Gasteiger partial charge is 0.492 e. The summed E-state index contributed by atoms with van der Waals surface area (Å²) in [6.07, 6.45) is 0. The molecule has 1 aromatic carbocycles. The van der Waals surface area contributed by atoms with Crippen LogP contribution in [0, 0.1) is 13.8 Å². The lowest BCUT2D eigenvalue weighted by atomic mass is 10.2. The van der Waals surface area contributed by atoms with Gasteiger partial charge in [0.15, 0.2) is 0 Å². The van der Waals surface area contributed by atoms with Crippen LogP contribution in [0.1, 0.15) is 29.0 Å². The predicted octanol–water partition coefficient (Wildman–Crippen LogP) is 4.09. The van der Waals surface area contributed by atoms with Crippen LogP contribution in [0.2, 0.25) is 0 Å². The van der Waals surface area contributed by atoms with Gasteiger partial charge in [0, 0.05) is 17.5 Å². The van der Waals surface area contributed by atoms with Crippen molar-refractivity contribution in [3.05, 3.63) is 51.7 Å². The third-order valence-electron chi connectivity index (χ3n) is 3.11. The monoisotopic (exact) mass is 275 g/mol. The second kappa shape index (κ2) is 6.73. The van der Waals surface area contributed by atoms with Crippen molar-refractivity contribution in [2.75, 3.05) is 13.2 Å². The van der Waals surface area contributed by atoms with Crippen LogP contribution in [0.5, 0.6) is 5.75 Å². The molecule has 0 amide bonds. The molecule has 0 saturated carbocycles. The Hall–Kier alpha value is -1.32. The van der Waals surface area contributed by atoms with E-state index in [1.807, 2.05) is 23.5 Å². The van der Waals surface area contributed by atoms with Gasteiger partial charge in [-0.2, -0.15) is 0 Å². The Bertz CT molecular complexity index is 521. The molecule has 3 heteroatoms. The van der Waals surface area contributed by atoms with Crippen molar-refractivity contribution in [2.45, 2.75) is 26.8 Å². The van der Waals surface area contributed by atoms with Gasteiger partial charge in [-0.15, -0.1) is 11.3 Å². The number of ether oxygens (including phenoxy) is 1. The Morgan fingerprint density at radius 1 is 1.26 bits per heavy atom. The van der Waals surface area contributed by atoms with E-state index in [-0.39, 0.29) is 0 Å². The van der Waals surface area contributed by atoms with Gasteiger partial charge in [-0.1, -0.05) is 12.1 Å². The van der Waals surface area contributed by atoms with Crippen molar-refractivity contribution in [1.29, 1.82) is 0 Å². The number of rotatable bonds is 6. The minimum Gasteiger partial charge on any atom is -0.492 e. The summed E-state index contributed by atoms with van der Waals surface area (Å²) in [5.41, 5.74) is 2.60. The zero-order chi connectivity index (χ0) is 13.7. The van der Waals surface area contributed by atoms with Crippen LogP contribution in [0.25, 0.3) is 0 Å². The van der Waals surface area contributed by atoms with E-state index in [4.69, 9.17) is 4.74 Å². The van der Waals surface area contributed by atoms with Crippen LogP contribution in [-0.2, 0) is 0 Å². The standard InChI is InChI=1S/C16H21NOS/c1-12-5-4-6-15(11-12)18-9-8-17-14(3)16-13(2)7-10-19-16/h4-7,10-11,14,17H,8-9H2,1-3H3. The molecule has 19 heavy (non-hydrogen) atoms. The lowest BCUT2D eigenvalue weighted by molar-refractivity contribution is 0.308. The van der Waals surface area contributed by atoms with Crippen molar-refractivity contribution in [3.63, 3.8) is 0 Å². The van der Waals surface area contributed by atoms with Crippen LogP contribution < -0.4 is 10.1 Å². The highest BCUT2D eigenvalue weighted by molar-refractivity contribution is 7.10. The number of thiophene rings is 1. The maximum absolute atomic E-state index is 5.73. The summed E-state index contributed by atoms with van der Waals surface area (Å²) >= 11 is 1.81. The van der Waals surface area contributed by atoms with E-state index in [9.17, 15) is 0 Å². The summed E-state index contributed by atoms with van der Waals surface area (Å²) < 4.78 is 5.73. The van der Waals surface area contributed by atoms with Gasteiger partial charge in [0.05, 0.1) is 0 Å². The fraction of sp³-hybridized carbons (Fsp3) is 0.375. The molecule has 0 aliphatic rings. The molecule has 1 N–H and O–H groups in total. The van der Waals surface area contributed by atoms with Gasteiger partial charge in [-0.3, -0.25) is 0 Å². The zero-order valence-corrected chi connectivity index (χ0v) is 12.6. The summed E-state index contributed by atoms with van der Waals surface area (Å²) in [5.74, 6) is 0.946. The Balaban J connectivity index is 1.74. The molecule has 2 rings (SSSR count). The predicted molar refractivity (Wildman–Crippen MR) is 82.1 cm³/mol.